The molecule has 2 heterocycles. The average molecular weight is 332 g/mol. The van der Waals surface area contributed by atoms with Crippen LogP contribution in [0.1, 0.15) is 25.0 Å². The molecule has 8 heteroatoms. The number of carbonyl (C=O) groups is 1. The van der Waals surface area contributed by atoms with Gasteiger partial charge in [-0.1, -0.05) is 11.8 Å². The van der Waals surface area contributed by atoms with E-state index in [1.165, 1.54) is 17.8 Å². The Bertz CT molecular complexity index is 684. The number of carbonyl (C=O) groups excluding carboxylic acids is 1. The number of H-pyrrole nitrogens is 1. The number of nitriles is 2. The largest absolute Gasteiger partial charge is 0.372 e. The number of nitrogen functional groups attached to an aromatic ring is 1. The summed E-state index contributed by atoms with van der Waals surface area (Å²) in [5.74, 6) is 0.364. The summed E-state index contributed by atoms with van der Waals surface area (Å²) in [7, 11) is 0. The van der Waals surface area contributed by atoms with Crippen molar-refractivity contribution in [3.05, 3.63) is 17.2 Å². The van der Waals surface area contributed by atoms with Crippen LogP contribution in [-0.4, -0.2) is 41.9 Å². The van der Waals surface area contributed by atoms with Crippen LogP contribution in [0.5, 0.6) is 0 Å². The first-order valence-corrected chi connectivity index (χ1v) is 8.15. The standard InChI is InChI=1S/C15H17N5O2S/c1-9-6-20(7-10(2)22-9)13(21)8-23-15-12(5-17)3-11(4-16)14(18)19-15/h3,9-10H,6-8H2,1-2H3,(H2,18,19)/p+1/t9-,10-/m0/s1. The Morgan fingerprint density at radius 3 is 2.57 bits per heavy atom. The third-order valence-corrected chi connectivity index (χ3v) is 4.43. The number of anilines is 1. The summed E-state index contributed by atoms with van der Waals surface area (Å²) < 4.78 is 5.61. The van der Waals surface area contributed by atoms with E-state index in [4.69, 9.17) is 21.0 Å². The molecule has 1 fully saturated rings. The fraction of sp³-hybridized carbons (Fsp3) is 0.467. The number of hydrogen-bond donors (Lipinski definition) is 1. The highest BCUT2D eigenvalue weighted by molar-refractivity contribution is 7.99. The van der Waals surface area contributed by atoms with Crippen LogP contribution in [0, 0.1) is 22.7 Å². The van der Waals surface area contributed by atoms with Crippen molar-refractivity contribution in [2.75, 3.05) is 24.6 Å². The fourth-order valence-electron chi connectivity index (χ4n) is 2.44. The summed E-state index contributed by atoms with van der Waals surface area (Å²) >= 11 is 1.21. The SMILES string of the molecule is C[C@H]1CN(C(=O)CSc2[nH+]c(N)c(C#N)cc2C#N)C[C@H](C)O1. The lowest BCUT2D eigenvalue weighted by Crippen LogP contribution is -2.48. The molecule has 0 radical (unpaired) electrons. The zero-order chi connectivity index (χ0) is 17.0. The highest BCUT2D eigenvalue weighted by Crippen LogP contribution is 2.21. The summed E-state index contributed by atoms with van der Waals surface area (Å²) in [6, 6.07) is 5.36. The third-order valence-electron chi connectivity index (χ3n) is 3.42. The molecule has 1 aliphatic heterocycles. The van der Waals surface area contributed by atoms with E-state index >= 15 is 0 Å². The van der Waals surface area contributed by atoms with Gasteiger partial charge in [-0.2, -0.15) is 10.5 Å². The lowest BCUT2D eigenvalue weighted by molar-refractivity contribution is -0.410. The molecule has 0 bridgehead atoms. The van der Waals surface area contributed by atoms with Crippen molar-refractivity contribution in [1.29, 1.82) is 10.5 Å². The second kappa shape index (κ2) is 7.32. The van der Waals surface area contributed by atoms with Crippen molar-refractivity contribution in [3.63, 3.8) is 0 Å². The van der Waals surface area contributed by atoms with Crippen molar-refractivity contribution in [3.8, 4) is 12.1 Å². The van der Waals surface area contributed by atoms with Gasteiger partial charge < -0.3 is 9.64 Å². The van der Waals surface area contributed by atoms with Crippen LogP contribution >= 0.6 is 11.8 Å². The lowest BCUT2D eigenvalue weighted by Gasteiger charge is -2.35. The lowest BCUT2D eigenvalue weighted by atomic mass is 10.2. The van der Waals surface area contributed by atoms with Gasteiger partial charge in [-0.25, -0.2) is 4.98 Å². The molecule has 0 spiro atoms. The molecule has 1 aliphatic rings. The molecular formula is C15H18N5O2S+. The van der Waals surface area contributed by atoms with Crippen LogP contribution in [0.3, 0.4) is 0 Å². The molecule has 2 atom stereocenters. The van der Waals surface area contributed by atoms with Gasteiger partial charge in [-0.15, -0.1) is 0 Å². The number of nitrogens with one attached hydrogen (secondary N) is 1. The Hall–Kier alpha value is -2.29. The molecule has 0 saturated carbocycles. The predicted octanol–water partition coefficient (Wildman–Crippen LogP) is 0.554. The van der Waals surface area contributed by atoms with Gasteiger partial charge >= 0.3 is 0 Å². The Labute approximate surface area is 139 Å². The number of nitrogens with two attached hydrogens (primary N) is 1. The van der Waals surface area contributed by atoms with E-state index in [0.29, 0.717) is 23.7 Å². The number of pyridine rings is 1. The van der Waals surface area contributed by atoms with Crippen LogP contribution in [0.4, 0.5) is 5.82 Å². The highest BCUT2D eigenvalue weighted by atomic mass is 32.2. The Balaban J connectivity index is 2.06. The molecule has 0 unspecified atom stereocenters. The molecule has 1 amide bonds. The highest BCUT2D eigenvalue weighted by Gasteiger charge is 2.26. The first-order valence-electron chi connectivity index (χ1n) is 7.16. The normalized spacial score (nSPS) is 20.6. The third kappa shape index (κ3) is 4.13. The number of nitrogens with zero attached hydrogens (tertiary/aromatic N) is 3. The first-order chi connectivity index (χ1) is 10.9. The maximum absolute atomic E-state index is 12.3. The summed E-state index contributed by atoms with van der Waals surface area (Å²) in [5, 5.41) is 18.6. The van der Waals surface area contributed by atoms with Crippen molar-refractivity contribution < 1.29 is 14.5 Å². The molecule has 1 saturated heterocycles. The van der Waals surface area contributed by atoms with E-state index in [0.717, 1.165) is 0 Å². The number of aromatic nitrogens is 1. The fourth-order valence-corrected chi connectivity index (χ4v) is 3.33. The number of aromatic amines is 1. The average Bonchev–Trinajstić information content (AvgIpc) is 2.51. The minimum atomic E-state index is -0.0165. The van der Waals surface area contributed by atoms with Gasteiger partial charge in [0.25, 0.3) is 5.82 Å². The van der Waals surface area contributed by atoms with Gasteiger partial charge in [0, 0.05) is 13.1 Å². The van der Waals surface area contributed by atoms with Gasteiger partial charge in [0.05, 0.1) is 18.0 Å². The van der Waals surface area contributed by atoms with Crippen molar-refractivity contribution in [2.24, 2.45) is 0 Å². The monoisotopic (exact) mass is 332 g/mol. The Morgan fingerprint density at radius 1 is 1.39 bits per heavy atom. The quantitative estimate of drug-likeness (QED) is 0.808. The summed E-state index contributed by atoms with van der Waals surface area (Å²) in [4.78, 5) is 16.9. The number of hydrogen-bond acceptors (Lipinski definition) is 6. The molecule has 2 rings (SSSR count). The summed E-state index contributed by atoms with van der Waals surface area (Å²) in [6.07, 6.45) is 0.0268. The van der Waals surface area contributed by atoms with Crippen LogP contribution < -0.4 is 10.7 Å². The molecule has 7 nitrogen and oxygen atoms in total. The smallest absolute Gasteiger partial charge is 0.289 e. The van der Waals surface area contributed by atoms with Crippen LogP contribution in [0.25, 0.3) is 0 Å². The van der Waals surface area contributed by atoms with Crippen LogP contribution in [-0.2, 0) is 9.53 Å². The minimum absolute atomic E-state index is 0.0134. The molecule has 23 heavy (non-hydrogen) atoms. The van der Waals surface area contributed by atoms with E-state index in [9.17, 15) is 4.79 Å². The Morgan fingerprint density at radius 2 is 2.00 bits per heavy atom. The van der Waals surface area contributed by atoms with E-state index in [1.54, 1.807) is 4.90 Å². The molecule has 120 valence electrons. The van der Waals surface area contributed by atoms with Gasteiger partial charge in [0.15, 0.2) is 5.03 Å². The molecule has 1 aromatic heterocycles. The number of rotatable bonds is 3. The van der Waals surface area contributed by atoms with Crippen molar-refractivity contribution in [1.82, 2.24) is 4.90 Å². The summed E-state index contributed by atoms with van der Waals surface area (Å²) in [6.45, 7) is 5.00. The molecule has 0 aromatic carbocycles. The Kier molecular flexibility index (Phi) is 5.43. The molecule has 0 aliphatic carbocycles. The van der Waals surface area contributed by atoms with Crippen molar-refractivity contribution >= 4 is 23.5 Å². The number of morpholine rings is 1. The number of thioether (sulfide) groups is 1. The molecular weight excluding hydrogens is 314 g/mol. The van der Waals surface area contributed by atoms with Crippen LogP contribution in [0.2, 0.25) is 0 Å². The maximum atomic E-state index is 12.3. The molecule has 1 aromatic rings. The van der Waals surface area contributed by atoms with E-state index in [2.05, 4.69) is 4.98 Å². The minimum Gasteiger partial charge on any atom is -0.372 e. The number of amides is 1. The first kappa shape index (κ1) is 17.1. The van der Waals surface area contributed by atoms with Crippen molar-refractivity contribution in [2.45, 2.75) is 31.1 Å². The predicted molar refractivity (Wildman–Crippen MR) is 84.2 cm³/mol. The number of ether oxygens (including phenoxy) is 1. The zero-order valence-corrected chi connectivity index (χ0v) is 13.8. The van der Waals surface area contributed by atoms with Gasteiger partial charge in [0.1, 0.15) is 23.3 Å². The summed E-state index contributed by atoms with van der Waals surface area (Å²) in [5.41, 5.74) is 6.25. The van der Waals surface area contributed by atoms with Gasteiger partial charge in [-0.05, 0) is 19.9 Å². The van der Waals surface area contributed by atoms with E-state index in [-0.39, 0.29) is 35.2 Å². The van der Waals surface area contributed by atoms with E-state index < -0.39 is 0 Å². The second-order valence-electron chi connectivity index (χ2n) is 5.41. The van der Waals surface area contributed by atoms with Gasteiger partial charge in [-0.3, -0.25) is 10.5 Å². The van der Waals surface area contributed by atoms with Gasteiger partial charge in [0.2, 0.25) is 5.91 Å². The van der Waals surface area contributed by atoms with Crippen LogP contribution in [0.15, 0.2) is 11.1 Å². The van der Waals surface area contributed by atoms with E-state index in [1.807, 2.05) is 26.0 Å². The zero-order valence-electron chi connectivity index (χ0n) is 13.0. The topological polar surface area (TPSA) is 117 Å². The maximum Gasteiger partial charge on any atom is 0.289 e. The second-order valence-corrected chi connectivity index (χ2v) is 6.39. The molecule has 3 N–H and O–H groups in total.